The van der Waals surface area contributed by atoms with Gasteiger partial charge in [-0.25, -0.2) is 9.37 Å². The van der Waals surface area contributed by atoms with Crippen LogP contribution >= 0.6 is 11.6 Å². The van der Waals surface area contributed by atoms with Gasteiger partial charge in [-0.2, -0.15) is 0 Å². The van der Waals surface area contributed by atoms with E-state index in [1.165, 1.54) is 24.1 Å². The molecule has 0 fully saturated rings. The maximum absolute atomic E-state index is 14.0. The van der Waals surface area contributed by atoms with Gasteiger partial charge >= 0.3 is 5.97 Å². The third-order valence-electron chi connectivity index (χ3n) is 5.46. The van der Waals surface area contributed by atoms with E-state index in [1.807, 2.05) is 24.8 Å². The van der Waals surface area contributed by atoms with Crippen LogP contribution in [0, 0.1) is 5.82 Å². The lowest BCUT2D eigenvalue weighted by Crippen LogP contribution is -2.37. The molecular weight excluding hydrogens is 409 g/mol. The number of hydrogen-bond acceptors (Lipinski definition) is 5. The van der Waals surface area contributed by atoms with Gasteiger partial charge in [-0.3, -0.25) is 9.59 Å². The second-order valence-electron chi connectivity index (χ2n) is 8.18. The molecule has 0 saturated carbocycles. The van der Waals surface area contributed by atoms with Crippen molar-refractivity contribution in [2.75, 3.05) is 25.6 Å². The summed E-state index contributed by atoms with van der Waals surface area (Å²) in [5.74, 6) is -1.14. The standard InChI is InChI=1S/C22H25ClFN3O3/c1-13(10-19(28)30-5)26(4)21(29)17-8-9-18-20(25-17)22(2,3)12-27(18)14-6-7-15(23)16(24)11-14/h6-9,11,13H,10,12H2,1-5H3. The number of aromatic nitrogens is 1. The molecule has 0 bridgehead atoms. The number of pyridine rings is 1. The number of benzene rings is 1. The highest BCUT2D eigenvalue weighted by molar-refractivity contribution is 6.30. The number of amides is 1. The van der Waals surface area contributed by atoms with E-state index in [-0.39, 0.29) is 34.8 Å². The van der Waals surface area contributed by atoms with E-state index in [0.29, 0.717) is 17.9 Å². The summed E-state index contributed by atoms with van der Waals surface area (Å²) in [5, 5.41) is 0.0700. The minimum absolute atomic E-state index is 0.0700. The molecule has 1 aliphatic heterocycles. The lowest BCUT2D eigenvalue weighted by Gasteiger charge is -2.24. The Morgan fingerprint density at radius 3 is 2.67 bits per heavy atom. The number of nitrogens with zero attached hydrogens (tertiary/aromatic N) is 3. The molecule has 0 spiro atoms. The van der Waals surface area contributed by atoms with Gasteiger partial charge in [0.25, 0.3) is 5.91 Å². The number of halogens is 2. The second-order valence-corrected chi connectivity index (χ2v) is 8.59. The fourth-order valence-electron chi connectivity index (χ4n) is 3.57. The van der Waals surface area contributed by atoms with Crippen LogP contribution in [-0.2, 0) is 14.9 Å². The third-order valence-corrected chi connectivity index (χ3v) is 5.77. The molecule has 8 heteroatoms. The summed E-state index contributed by atoms with van der Waals surface area (Å²) < 4.78 is 18.7. The van der Waals surface area contributed by atoms with Gasteiger partial charge in [-0.15, -0.1) is 0 Å². The van der Waals surface area contributed by atoms with Gasteiger partial charge in [0.15, 0.2) is 0 Å². The van der Waals surface area contributed by atoms with Crippen molar-refractivity contribution >= 4 is 34.9 Å². The van der Waals surface area contributed by atoms with Crippen molar-refractivity contribution in [1.82, 2.24) is 9.88 Å². The van der Waals surface area contributed by atoms with Crippen LogP contribution in [0.3, 0.4) is 0 Å². The summed E-state index contributed by atoms with van der Waals surface area (Å²) in [5.41, 5.74) is 2.21. The van der Waals surface area contributed by atoms with Crippen LogP contribution < -0.4 is 4.90 Å². The molecule has 1 aromatic heterocycles. The van der Waals surface area contributed by atoms with Gasteiger partial charge in [0.2, 0.25) is 0 Å². The maximum atomic E-state index is 14.0. The van der Waals surface area contributed by atoms with Crippen molar-refractivity contribution in [3.63, 3.8) is 0 Å². The number of hydrogen-bond donors (Lipinski definition) is 0. The molecule has 1 amide bonds. The van der Waals surface area contributed by atoms with E-state index in [1.54, 1.807) is 26.1 Å². The first-order chi connectivity index (χ1) is 14.0. The number of methoxy groups -OCH3 is 1. The Balaban J connectivity index is 1.91. The molecule has 0 saturated heterocycles. The Kier molecular flexibility index (Phi) is 6.04. The van der Waals surface area contributed by atoms with Crippen molar-refractivity contribution in [3.8, 4) is 0 Å². The topological polar surface area (TPSA) is 62.7 Å². The molecule has 0 N–H and O–H groups in total. The SMILES string of the molecule is COC(=O)CC(C)N(C)C(=O)c1ccc2c(n1)C(C)(C)CN2c1ccc(Cl)c(F)c1. The van der Waals surface area contributed by atoms with E-state index >= 15 is 0 Å². The number of carbonyl (C=O) groups excluding carboxylic acids is 2. The largest absolute Gasteiger partial charge is 0.469 e. The van der Waals surface area contributed by atoms with Gasteiger partial charge in [0, 0.05) is 30.7 Å². The molecule has 3 rings (SSSR count). The maximum Gasteiger partial charge on any atom is 0.307 e. The van der Waals surface area contributed by atoms with Crippen LogP contribution in [0.1, 0.15) is 43.4 Å². The predicted octanol–water partition coefficient (Wildman–Crippen LogP) is 4.33. The first-order valence-electron chi connectivity index (χ1n) is 9.63. The summed E-state index contributed by atoms with van der Waals surface area (Å²) >= 11 is 5.82. The fourth-order valence-corrected chi connectivity index (χ4v) is 3.69. The lowest BCUT2D eigenvalue weighted by atomic mass is 9.91. The van der Waals surface area contributed by atoms with E-state index in [0.717, 1.165) is 11.4 Å². The highest BCUT2D eigenvalue weighted by Gasteiger charge is 2.38. The number of anilines is 2. The summed E-state index contributed by atoms with van der Waals surface area (Å²) in [6.07, 6.45) is 0.102. The first kappa shape index (κ1) is 22.0. The van der Waals surface area contributed by atoms with Gasteiger partial charge in [-0.05, 0) is 37.3 Å². The number of ether oxygens (including phenoxy) is 1. The van der Waals surface area contributed by atoms with E-state index in [2.05, 4.69) is 9.72 Å². The molecule has 2 aromatic rings. The highest BCUT2D eigenvalue weighted by atomic mass is 35.5. The zero-order chi connectivity index (χ0) is 22.2. The van der Waals surface area contributed by atoms with Crippen LogP contribution in [-0.4, -0.2) is 48.5 Å². The van der Waals surface area contributed by atoms with Crippen molar-refractivity contribution in [1.29, 1.82) is 0 Å². The number of carbonyl (C=O) groups is 2. The minimum Gasteiger partial charge on any atom is -0.469 e. The van der Waals surface area contributed by atoms with Crippen LogP contribution in [0.4, 0.5) is 15.8 Å². The predicted molar refractivity (Wildman–Crippen MR) is 114 cm³/mol. The van der Waals surface area contributed by atoms with E-state index in [9.17, 15) is 14.0 Å². The highest BCUT2D eigenvalue weighted by Crippen LogP contribution is 2.43. The lowest BCUT2D eigenvalue weighted by molar-refractivity contribution is -0.141. The smallest absolute Gasteiger partial charge is 0.307 e. The molecule has 1 atom stereocenters. The van der Waals surface area contributed by atoms with Gasteiger partial charge < -0.3 is 14.5 Å². The van der Waals surface area contributed by atoms with E-state index < -0.39 is 5.82 Å². The summed E-state index contributed by atoms with van der Waals surface area (Å²) in [6.45, 7) is 6.43. The van der Waals surface area contributed by atoms with Crippen molar-refractivity contribution in [2.24, 2.45) is 0 Å². The average Bonchev–Trinajstić information content (AvgIpc) is 2.99. The van der Waals surface area contributed by atoms with Crippen molar-refractivity contribution in [3.05, 3.63) is 52.6 Å². The molecule has 2 heterocycles. The van der Waals surface area contributed by atoms with Crippen LogP contribution in [0.2, 0.25) is 5.02 Å². The Hall–Kier alpha value is -2.67. The fraction of sp³-hybridized carbons (Fsp3) is 0.409. The Morgan fingerprint density at radius 1 is 1.33 bits per heavy atom. The first-order valence-corrected chi connectivity index (χ1v) is 10.0. The summed E-state index contributed by atoms with van der Waals surface area (Å²) in [6, 6.07) is 7.84. The van der Waals surface area contributed by atoms with Crippen LogP contribution in [0.25, 0.3) is 0 Å². The van der Waals surface area contributed by atoms with Crippen LogP contribution in [0.15, 0.2) is 30.3 Å². The molecule has 1 unspecified atom stereocenters. The number of rotatable bonds is 5. The third kappa shape index (κ3) is 4.12. The summed E-state index contributed by atoms with van der Waals surface area (Å²) in [7, 11) is 2.96. The Morgan fingerprint density at radius 2 is 2.03 bits per heavy atom. The van der Waals surface area contributed by atoms with Gasteiger partial charge in [0.05, 0.1) is 29.9 Å². The Labute approximate surface area is 180 Å². The zero-order valence-electron chi connectivity index (χ0n) is 17.7. The molecular formula is C22H25ClFN3O3. The monoisotopic (exact) mass is 433 g/mol. The van der Waals surface area contributed by atoms with Crippen molar-refractivity contribution in [2.45, 2.75) is 38.6 Å². The van der Waals surface area contributed by atoms with Gasteiger partial charge in [-0.1, -0.05) is 25.4 Å². The molecule has 0 aliphatic carbocycles. The number of fused-ring (bicyclic) bond motifs is 1. The molecule has 1 aliphatic rings. The quantitative estimate of drug-likeness (QED) is 0.657. The Bertz CT molecular complexity index is 996. The molecule has 1 aromatic carbocycles. The second kappa shape index (κ2) is 8.22. The van der Waals surface area contributed by atoms with E-state index in [4.69, 9.17) is 11.6 Å². The normalized spacial score (nSPS) is 15.5. The molecule has 160 valence electrons. The van der Waals surface area contributed by atoms with Crippen molar-refractivity contribution < 1.29 is 18.7 Å². The van der Waals surface area contributed by atoms with Crippen LogP contribution in [0.5, 0.6) is 0 Å². The molecule has 30 heavy (non-hydrogen) atoms. The summed E-state index contributed by atoms with van der Waals surface area (Å²) in [4.78, 5) is 32.6. The average molecular weight is 434 g/mol. The van der Waals surface area contributed by atoms with Gasteiger partial charge in [0.1, 0.15) is 11.5 Å². The zero-order valence-corrected chi connectivity index (χ0v) is 18.5. The minimum atomic E-state index is -0.485. The molecule has 0 radical (unpaired) electrons. The molecule has 6 nitrogen and oxygen atoms in total. The number of esters is 1.